The number of nitrogens with zero attached hydrogens (tertiary/aromatic N) is 2. The van der Waals surface area contributed by atoms with E-state index in [1.165, 1.54) is 25.7 Å². The average Bonchev–Trinajstić information content (AvgIpc) is 3.19. The first-order chi connectivity index (χ1) is 14.7. The highest BCUT2D eigenvalue weighted by molar-refractivity contribution is 5.87. The van der Waals surface area contributed by atoms with Crippen LogP contribution in [0.4, 0.5) is 6.01 Å². The monoisotopic (exact) mass is 410 g/mol. The van der Waals surface area contributed by atoms with E-state index in [9.17, 15) is 4.79 Å². The first-order valence-corrected chi connectivity index (χ1v) is 10.7. The van der Waals surface area contributed by atoms with E-state index in [2.05, 4.69) is 16.8 Å². The van der Waals surface area contributed by atoms with Gasteiger partial charge in [-0.1, -0.05) is 44.7 Å². The number of rotatable bonds is 13. The van der Waals surface area contributed by atoms with Crippen LogP contribution >= 0.6 is 0 Å². The number of para-hydroxylation sites is 2. The Hall–Kier alpha value is -3.02. The number of fused-ring (bicyclic) bond motifs is 1. The van der Waals surface area contributed by atoms with Crippen molar-refractivity contribution in [3.05, 3.63) is 54.1 Å². The molecule has 0 spiro atoms. The summed E-state index contributed by atoms with van der Waals surface area (Å²) in [5.74, 6) is -0.262. The number of benzene rings is 2. The van der Waals surface area contributed by atoms with E-state index >= 15 is 0 Å². The molecule has 0 aliphatic rings. The Morgan fingerprint density at radius 1 is 1.00 bits per heavy atom. The first kappa shape index (κ1) is 21.7. The van der Waals surface area contributed by atoms with E-state index in [0.29, 0.717) is 18.4 Å². The van der Waals surface area contributed by atoms with Gasteiger partial charge in [-0.15, -0.1) is 0 Å². The second-order valence-corrected chi connectivity index (χ2v) is 7.40. The van der Waals surface area contributed by atoms with Gasteiger partial charge in [-0.2, -0.15) is 4.98 Å². The fourth-order valence-electron chi connectivity index (χ4n) is 3.34. The molecule has 0 unspecified atom stereocenters. The van der Waals surface area contributed by atoms with Crippen LogP contribution in [0, 0.1) is 0 Å². The molecule has 3 rings (SSSR count). The molecular weight excluding hydrogens is 380 g/mol. The molecule has 0 amide bonds. The Balaban J connectivity index is 1.54. The molecule has 160 valence electrons. The lowest BCUT2D eigenvalue weighted by molar-refractivity contribution is 0.0697. The zero-order valence-corrected chi connectivity index (χ0v) is 17.5. The number of carboxylic acid groups (broad SMARTS) is 1. The number of hydrogen-bond donors (Lipinski definition) is 1. The maximum atomic E-state index is 10.9. The molecule has 3 aromatic rings. The average molecular weight is 411 g/mol. The standard InChI is InChI=1S/C24H30N2O4/c1-2-3-4-5-8-16-26(24-25-21-10-6-7-11-22(21)30-24)17-9-18-29-20-14-12-19(13-15-20)23(27)28/h6-7,10-15H,2-5,8-9,16-18H2,1H3,(H,27,28). The number of carboxylic acids is 1. The van der Waals surface area contributed by atoms with Crippen molar-refractivity contribution in [2.45, 2.75) is 45.4 Å². The van der Waals surface area contributed by atoms with Gasteiger partial charge in [0.2, 0.25) is 0 Å². The third kappa shape index (κ3) is 6.24. The number of anilines is 1. The molecule has 0 radical (unpaired) electrons. The van der Waals surface area contributed by atoms with Gasteiger partial charge in [-0.3, -0.25) is 0 Å². The summed E-state index contributed by atoms with van der Waals surface area (Å²) in [7, 11) is 0. The SMILES string of the molecule is CCCCCCCN(CCCOc1ccc(C(=O)O)cc1)c1nc2ccccc2o1. The van der Waals surface area contributed by atoms with Crippen molar-refractivity contribution in [1.82, 2.24) is 4.98 Å². The van der Waals surface area contributed by atoms with Crippen molar-refractivity contribution in [1.29, 1.82) is 0 Å². The number of carbonyl (C=O) groups is 1. The van der Waals surface area contributed by atoms with Gasteiger partial charge in [0.25, 0.3) is 6.01 Å². The number of oxazole rings is 1. The predicted molar refractivity (Wildman–Crippen MR) is 118 cm³/mol. The van der Waals surface area contributed by atoms with Gasteiger partial charge >= 0.3 is 5.97 Å². The first-order valence-electron chi connectivity index (χ1n) is 10.7. The fourth-order valence-corrected chi connectivity index (χ4v) is 3.34. The van der Waals surface area contributed by atoms with Crippen LogP contribution in [0.15, 0.2) is 52.9 Å². The van der Waals surface area contributed by atoms with Crippen LogP contribution in [0.1, 0.15) is 55.8 Å². The predicted octanol–water partition coefficient (Wildman–Crippen LogP) is 5.77. The zero-order chi connectivity index (χ0) is 21.2. The highest BCUT2D eigenvalue weighted by atomic mass is 16.5. The van der Waals surface area contributed by atoms with Crippen molar-refractivity contribution in [3.8, 4) is 5.75 Å². The normalized spacial score (nSPS) is 11.0. The van der Waals surface area contributed by atoms with Crippen LogP contribution in [0.25, 0.3) is 11.1 Å². The molecule has 6 nitrogen and oxygen atoms in total. The smallest absolute Gasteiger partial charge is 0.335 e. The van der Waals surface area contributed by atoms with E-state index < -0.39 is 5.97 Å². The molecule has 0 saturated carbocycles. The molecule has 0 fully saturated rings. The highest BCUT2D eigenvalue weighted by Crippen LogP contribution is 2.22. The third-order valence-electron chi connectivity index (χ3n) is 5.03. The van der Waals surface area contributed by atoms with E-state index in [1.807, 2.05) is 24.3 Å². The van der Waals surface area contributed by atoms with Crippen molar-refractivity contribution < 1.29 is 19.1 Å². The van der Waals surface area contributed by atoms with Crippen LogP contribution in [-0.4, -0.2) is 35.8 Å². The molecule has 1 aromatic heterocycles. The Kier molecular flexibility index (Phi) is 8.12. The highest BCUT2D eigenvalue weighted by Gasteiger charge is 2.14. The summed E-state index contributed by atoms with van der Waals surface area (Å²) in [6.07, 6.45) is 6.89. The van der Waals surface area contributed by atoms with Gasteiger partial charge in [0.1, 0.15) is 11.3 Å². The molecule has 0 saturated heterocycles. The van der Waals surface area contributed by atoms with Gasteiger partial charge in [-0.05, 0) is 49.2 Å². The van der Waals surface area contributed by atoms with Crippen LogP contribution in [0.3, 0.4) is 0 Å². The quantitative estimate of drug-likeness (QED) is 0.360. The number of hydrogen-bond acceptors (Lipinski definition) is 5. The summed E-state index contributed by atoms with van der Waals surface area (Å²) < 4.78 is 11.8. The van der Waals surface area contributed by atoms with E-state index in [-0.39, 0.29) is 5.56 Å². The summed E-state index contributed by atoms with van der Waals surface area (Å²) in [6, 6.07) is 15.0. The number of ether oxygens (including phenoxy) is 1. The topological polar surface area (TPSA) is 75.8 Å². The van der Waals surface area contributed by atoms with Crippen LogP contribution in [-0.2, 0) is 0 Å². The van der Waals surface area contributed by atoms with Crippen molar-refractivity contribution >= 4 is 23.1 Å². The molecule has 1 N–H and O–H groups in total. The van der Waals surface area contributed by atoms with Crippen LogP contribution < -0.4 is 9.64 Å². The minimum Gasteiger partial charge on any atom is -0.494 e. The van der Waals surface area contributed by atoms with Crippen molar-refractivity contribution in [3.63, 3.8) is 0 Å². The third-order valence-corrected chi connectivity index (χ3v) is 5.03. The summed E-state index contributed by atoms with van der Waals surface area (Å²) >= 11 is 0. The number of aromatic carboxylic acids is 1. The Bertz CT molecular complexity index is 887. The maximum Gasteiger partial charge on any atom is 0.335 e. The Morgan fingerprint density at radius 2 is 1.73 bits per heavy atom. The zero-order valence-electron chi connectivity index (χ0n) is 17.5. The number of aromatic nitrogens is 1. The van der Waals surface area contributed by atoms with E-state index in [0.717, 1.165) is 37.0 Å². The van der Waals surface area contributed by atoms with Crippen LogP contribution in [0.2, 0.25) is 0 Å². The van der Waals surface area contributed by atoms with Gasteiger partial charge < -0.3 is 19.2 Å². The second kappa shape index (κ2) is 11.2. The lowest BCUT2D eigenvalue weighted by atomic mass is 10.1. The van der Waals surface area contributed by atoms with Crippen molar-refractivity contribution in [2.24, 2.45) is 0 Å². The lowest BCUT2D eigenvalue weighted by Gasteiger charge is -2.20. The fraction of sp³-hybridized carbons (Fsp3) is 0.417. The second-order valence-electron chi connectivity index (χ2n) is 7.40. The Labute approximate surface area is 177 Å². The Morgan fingerprint density at radius 3 is 2.47 bits per heavy atom. The molecule has 1 heterocycles. The molecule has 0 aliphatic carbocycles. The van der Waals surface area contributed by atoms with Gasteiger partial charge in [-0.25, -0.2) is 4.79 Å². The molecule has 6 heteroatoms. The number of unbranched alkanes of at least 4 members (excludes halogenated alkanes) is 4. The molecule has 30 heavy (non-hydrogen) atoms. The summed E-state index contributed by atoms with van der Waals surface area (Å²) in [6.45, 7) is 4.45. The van der Waals surface area contributed by atoms with E-state index in [1.54, 1.807) is 24.3 Å². The largest absolute Gasteiger partial charge is 0.494 e. The van der Waals surface area contributed by atoms with Gasteiger partial charge in [0.15, 0.2) is 5.58 Å². The van der Waals surface area contributed by atoms with Crippen LogP contribution in [0.5, 0.6) is 5.75 Å². The molecule has 0 bridgehead atoms. The summed E-state index contributed by atoms with van der Waals surface area (Å²) in [5.41, 5.74) is 1.93. The van der Waals surface area contributed by atoms with E-state index in [4.69, 9.17) is 14.3 Å². The summed E-state index contributed by atoms with van der Waals surface area (Å²) in [4.78, 5) is 17.8. The maximum absolute atomic E-state index is 10.9. The molecular formula is C24H30N2O4. The van der Waals surface area contributed by atoms with Gasteiger partial charge in [0, 0.05) is 13.1 Å². The van der Waals surface area contributed by atoms with Gasteiger partial charge in [0.05, 0.1) is 12.2 Å². The molecule has 2 aromatic carbocycles. The molecule has 0 atom stereocenters. The van der Waals surface area contributed by atoms with Crippen molar-refractivity contribution in [2.75, 3.05) is 24.6 Å². The lowest BCUT2D eigenvalue weighted by Crippen LogP contribution is -2.27. The molecule has 0 aliphatic heterocycles. The minimum absolute atomic E-state index is 0.257. The summed E-state index contributed by atoms with van der Waals surface area (Å²) in [5, 5.41) is 8.97. The minimum atomic E-state index is -0.936.